The van der Waals surface area contributed by atoms with Crippen LogP contribution in [0.25, 0.3) is 0 Å². The maximum Gasteiger partial charge on any atom is 0.138 e. The summed E-state index contributed by atoms with van der Waals surface area (Å²) in [7, 11) is 1.93. The Kier molecular flexibility index (Phi) is 4.32. The van der Waals surface area contributed by atoms with Gasteiger partial charge in [0.2, 0.25) is 0 Å². The Bertz CT molecular complexity index is 553. The lowest BCUT2D eigenvalue weighted by Crippen LogP contribution is -2.11. The van der Waals surface area contributed by atoms with E-state index in [9.17, 15) is 0 Å². The summed E-state index contributed by atoms with van der Waals surface area (Å²) < 4.78 is 7.27. The lowest BCUT2D eigenvalue weighted by Gasteiger charge is -2.16. The number of nitrogens with zero attached hydrogens (tertiary/aromatic N) is 2. The molecule has 1 heterocycles. The molecule has 1 aromatic heterocycles. The molecule has 0 spiro atoms. The molecule has 5 heteroatoms. The largest absolute Gasteiger partial charge is 0.492 e. The average molecular weight is 280 g/mol. The monoisotopic (exact) mass is 279 g/mol. The fourth-order valence-corrected chi connectivity index (χ4v) is 2.23. The first-order valence-corrected chi connectivity index (χ1v) is 6.66. The number of anilines is 1. The van der Waals surface area contributed by atoms with Gasteiger partial charge < -0.3 is 10.1 Å². The van der Waals surface area contributed by atoms with E-state index in [1.54, 1.807) is 6.20 Å². The number of halogens is 1. The second kappa shape index (κ2) is 5.97. The molecule has 0 aliphatic heterocycles. The molecule has 102 valence electrons. The fourth-order valence-electron chi connectivity index (χ4n) is 2.00. The molecule has 2 rings (SSSR count). The smallest absolute Gasteiger partial charge is 0.138 e. The van der Waals surface area contributed by atoms with Gasteiger partial charge in [-0.3, -0.25) is 4.68 Å². The first kappa shape index (κ1) is 13.7. The number of hydrogen-bond acceptors (Lipinski definition) is 3. The molecule has 0 saturated carbocycles. The Morgan fingerprint density at radius 3 is 2.79 bits per heavy atom. The molecule has 19 heavy (non-hydrogen) atoms. The normalized spacial score (nSPS) is 12.2. The first-order valence-electron chi connectivity index (χ1n) is 6.28. The Morgan fingerprint density at radius 1 is 1.42 bits per heavy atom. The highest BCUT2D eigenvalue weighted by atomic mass is 35.5. The summed E-state index contributed by atoms with van der Waals surface area (Å²) in [5, 5.41) is 8.18. The van der Waals surface area contributed by atoms with E-state index in [2.05, 4.69) is 17.3 Å². The molecule has 4 nitrogen and oxygen atoms in total. The minimum atomic E-state index is 0.154. The SMILES string of the molecule is CCOc1ccc(NC(C)c2ccnn2C)cc1Cl. The predicted molar refractivity (Wildman–Crippen MR) is 77.9 cm³/mol. The van der Waals surface area contributed by atoms with E-state index in [1.807, 2.05) is 42.9 Å². The summed E-state index contributed by atoms with van der Waals surface area (Å²) in [6.45, 7) is 4.63. The van der Waals surface area contributed by atoms with Gasteiger partial charge in [0.05, 0.1) is 23.4 Å². The van der Waals surface area contributed by atoms with Crippen molar-refractivity contribution >= 4 is 17.3 Å². The molecule has 0 aliphatic rings. The van der Waals surface area contributed by atoms with E-state index in [0.717, 1.165) is 11.4 Å². The maximum atomic E-state index is 6.17. The molecule has 1 atom stereocenters. The zero-order valence-electron chi connectivity index (χ0n) is 11.4. The molecule has 0 saturated heterocycles. The zero-order chi connectivity index (χ0) is 13.8. The van der Waals surface area contributed by atoms with E-state index < -0.39 is 0 Å². The average Bonchev–Trinajstić information content (AvgIpc) is 2.79. The third-order valence-electron chi connectivity index (χ3n) is 2.92. The van der Waals surface area contributed by atoms with Gasteiger partial charge in [-0.15, -0.1) is 0 Å². The Labute approximate surface area is 118 Å². The van der Waals surface area contributed by atoms with Gasteiger partial charge >= 0.3 is 0 Å². The van der Waals surface area contributed by atoms with Crippen molar-refractivity contribution in [3.05, 3.63) is 41.2 Å². The minimum Gasteiger partial charge on any atom is -0.492 e. The van der Waals surface area contributed by atoms with Crippen LogP contribution in [0.3, 0.4) is 0 Å². The van der Waals surface area contributed by atoms with Crippen LogP contribution in [0.15, 0.2) is 30.5 Å². The maximum absolute atomic E-state index is 6.17. The highest BCUT2D eigenvalue weighted by molar-refractivity contribution is 6.32. The topological polar surface area (TPSA) is 39.1 Å². The van der Waals surface area contributed by atoms with E-state index in [4.69, 9.17) is 16.3 Å². The van der Waals surface area contributed by atoms with E-state index >= 15 is 0 Å². The van der Waals surface area contributed by atoms with Crippen LogP contribution in [-0.2, 0) is 7.05 Å². The van der Waals surface area contributed by atoms with Gasteiger partial charge in [0, 0.05) is 18.9 Å². The van der Waals surface area contributed by atoms with Crippen molar-refractivity contribution in [1.82, 2.24) is 9.78 Å². The number of hydrogen-bond donors (Lipinski definition) is 1. The van der Waals surface area contributed by atoms with Crippen molar-refractivity contribution in [2.75, 3.05) is 11.9 Å². The highest BCUT2D eigenvalue weighted by Crippen LogP contribution is 2.29. The van der Waals surface area contributed by atoms with Gasteiger partial charge in [-0.25, -0.2) is 0 Å². The van der Waals surface area contributed by atoms with E-state index in [-0.39, 0.29) is 6.04 Å². The minimum absolute atomic E-state index is 0.154. The number of aryl methyl sites for hydroxylation is 1. The van der Waals surface area contributed by atoms with Crippen molar-refractivity contribution in [1.29, 1.82) is 0 Å². The Balaban J connectivity index is 2.11. The molecule has 2 aromatic rings. The lowest BCUT2D eigenvalue weighted by molar-refractivity contribution is 0.340. The van der Waals surface area contributed by atoms with Crippen LogP contribution >= 0.6 is 11.6 Å². The van der Waals surface area contributed by atoms with Crippen LogP contribution in [0.5, 0.6) is 5.75 Å². The molecule has 0 aliphatic carbocycles. The fraction of sp³-hybridized carbons (Fsp3) is 0.357. The number of rotatable bonds is 5. The number of nitrogens with one attached hydrogen (secondary N) is 1. The van der Waals surface area contributed by atoms with Gasteiger partial charge in [-0.2, -0.15) is 5.10 Å². The molecule has 0 radical (unpaired) electrons. The van der Waals surface area contributed by atoms with Crippen LogP contribution < -0.4 is 10.1 Å². The quantitative estimate of drug-likeness (QED) is 0.908. The molecule has 0 amide bonds. The Morgan fingerprint density at radius 2 is 2.21 bits per heavy atom. The standard InChI is InChI=1S/C14H18ClN3O/c1-4-19-14-6-5-11(9-12(14)15)17-10(2)13-7-8-16-18(13)3/h5-10,17H,4H2,1-3H3. The van der Waals surface area contributed by atoms with Crippen LogP contribution in [0.1, 0.15) is 25.6 Å². The molecule has 1 N–H and O–H groups in total. The van der Waals surface area contributed by atoms with Crippen LogP contribution in [0.2, 0.25) is 5.02 Å². The van der Waals surface area contributed by atoms with Gasteiger partial charge in [-0.05, 0) is 38.1 Å². The molecular weight excluding hydrogens is 262 g/mol. The van der Waals surface area contributed by atoms with Crippen molar-refractivity contribution in [2.24, 2.45) is 7.05 Å². The van der Waals surface area contributed by atoms with E-state index in [1.165, 1.54) is 0 Å². The summed E-state index contributed by atoms with van der Waals surface area (Å²) in [6, 6.07) is 7.86. The van der Waals surface area contributed by atoms with Crippen molar-refractivity contribution < 1.29 is 4.74 Å². The third kappa shape index (κ3) is 3.20. The lowest BCUT2D eigenvalue weighted by atomic mass is 10.2. The van der Waals surface area contributed by atoms with Crippen molar-refractivity contribution in [2.45, 2.75) is 19.9 Å². The molecule has 1 unspecified atom stereocenters. The van der Waals surface area contributed by atoms with Gasteiger partial charge in [-0.1, -0.05) is 11.6 Å². The zero-order valence-corrected chi connectivity index (χ0v) is 12.1. The number of benzene rings is 1. The molecular formula is C14H18ClN3O. The van der Waals surface area contributed by atoms with Gasteiger partial charge in [0.1, 0.15) is 5.75 Å². The molecule has 0 fully saturated rings. The first-order chi connectivity index (χ1) is 9.11. The van der Waals surface area contributed by atoms with Gasteiger partial charge in [0.25, 0.3) is 0 Å². The number of ether oxygens (including phenoxy) is 1. The third-order valence-corrected chi connectivity index (χ3v) is 3.21. The number of aromatic nitrogens is 2. The second-order valence-electron chi connectivity index (χ2n) is 4.32. The van der Waals surface area contributed by atoms with Crippen LogP contribution in [0.4, 0.5) is 5.69 Å². The summed E-state index contributed by atoms with van der Waals surface area (Å²) in [5.41, 5.74) is 2.08. The molecule has 1 aromatic carbocycles. The summed E-state index contributed by atoms with van der Waals surface area (Å²) in [5.74, 6) is 0.711. The Hall–Kier alpha value is -1.68. The predicted octanol–water partition coefficient (Wildman–Crippen LogP) is 3.65. The van der Waals surface area contributed by atoms with Gasteiger partial charge in [0.15, 0.2) is 0 Å². The van der Waals surface area contributed by atoms with Crippen LogP contribution in [0, 0.1) is 0 Å². The second-order valence-corrected chi connectivity index (χ2v) is 4.73. The summed E-state index contributed by atoms with van der Waals surface area (Å²) in [6.07, 6.45) is 1.79. The highest BCUT2D eigenvalue weighted by Gasteiger charge is 2.10. The summed E-state index contributed by atoms with van der Waals surface area (Å²) in [4.78, 5) is 0. The van der Waals surface area contributed by atoms with Crippen molar-refractivity contribution in [3.63, 3.8) is 0 Å². The summed E-state index contributed by atoms with van der Waals surface area (Å²) >= 11 is 6.17. The van der Waals surface area contributed by atoms with E-state index in [0.29, 0.717) is 17.4 Å². The van der Waals surface area contributed by atoms with Crippen LogP contribution in [-0.4, -0.2) is 16.4 Å². The van der Waals surface area contributed by atoms with Crippen molar-refractivity contribution in [3.8, 4) is 5.75 Å². The molecule has 0 bridgehead atoms.